The summed E-state index contributed by atoms with van der Waals surface area (Å²) in [6, 6.07) is 10.1. The number of amides is 1. The van der Waals surface area contributed by atoms with Gasteiger partial charge in [0, 0.05) is 19.2 Å². The van der Waals surface area contributed by atoms with E-state index in [9.17, 15) is 4.79 Å². The first-order valence-electron chi connectivity index (χ1n) is 7.99. The number of hydrogen-bond donors (Lipinski definition) is 0. The van der Waals surface area contributed by atoms with Gasteiger partial charge in [-0.25, -0.2) is 0 Å². The molecule has 1 heterocycles. The molecule has 0 aliphatic rings. The van der Waals surface area contributed by atoms with Gasteiger partial charge in [-0.2, -0.15) is 5.26 Å². The molecule has 0 aliphatic heterocycles. The van der Waals surface area contributed by atoms with Crippen LogP contribution in [0.2, 0.25) is 0 Å². The average molecular weight is 358 g/mol. The maximum Gasteiger partial charge on any atom is 0.277 e. The molecule has 0 unspecified atom stereocenters. The van der Waals surface area contributed by atoms with Crippen LogP contribution in [0.25, 0.3) is 11.5 Å². The number of hydrogen-bond acceptors (Lipinski definition) is 6. The molecule has 0 atom stereocenters. The third-order valence-corrected chi connectivity index (χ3v) is 4.51. The Hall–Kier alpha value is -2.33. The zero-order chi connectivity index (χ0) is 18.4. The van der Waals surface area contributed by atoms with E-state index in [0.29, 0.717) is 24.1 Å². The summed E-state index contributed by atoms with van der Waals surface area (Å²) in [4.78, 5) is 13.5. The summed E-state index contributed by atoms with van der Waals surface area (Å²) in [5.74, 6) is 0.565. The van der Waals surface area contributed by atoms with Crippen LogP contribution in [-0.4, -0.2) is 40.3 Å². The van der Waals surface area contributed by atoms with Crippen molar-refractivity contribution in [2.75, 3.05) is 19.3 Å². The predicted octanol–water partition coefficient (Wildman–Crippen LogP) is 3.50. The highest BCUT2D eigenvalue weighted by Crippen LogP contribution is 2.27. The van der Waals surface area contributed by atoms with Gasteiger partial charge in [0.05, 0.1) is 18.2 Å². The van der Waals surface area contributed by atoms with Gasteiger partial charge in [-0.05, 0) is 23.1 Å². The van der Waals surface area contributed by atoms with E-state index < -0.39 is 0 Å². The third kappa shape index (κ3) is 5.33. The maximum absolute atomic E-state index is 11.9. The molecule has 0 N–H and O–H groups in total. The van der Waals surface area contributed by atoms with E-state index >= 15 is 0 Å². The van der Waals surface area contributed by atoms with Crippen LogP contribution in [0.3, 0.4) is 0 Å². The minimum Gasteiger partial charge on any atom is -0.411 e. The Morgan fingerprint density at radius 2 is 1.96 bits per heavy atom. The van der Waals surface area contributed by atoms with Gasteiger partial charge in [0.1, 0.15) is 0 Å². The van der Waals surface area contributed by atoms with E-state index in [0.717, 1.165) is 5.56 Å². The smallest absolute Gasteiger partial charge is 0.277 e. The largest absolute Gasteiger partial charge is 0.411 e. The number of nitriles is 1. The summed E-state index contributed by atoms with van der Waals surface area (Å²) in [6.45, 7) is 6.90. The molecule has 7 heteroatoms. The highest BCUT2D eigenvalue weighted by Gasteiger charge is 2.16. The lowest BCUT2D eigenvalue weighted by Crippen LogP contribution is -2.29. The Morgan fingerprint density at radius 3 is 2.56 bits per heavy atom. The van der Waals surface area contributed by atoms with Crippen LogP contribution in [0.5, 0.6) is 0 Å². The Kier molecular flexibility index (Phi) is 6.21. The quantitative estimate of drug-likeness (QED) is 0.735. The summed E-state index contributed by atoms with van der Waals surface area (Å²) in [7, 11) is 1.68. The first-order valence-corrected chi connectivity index (χ1v) is 8.98. The van der Waals surface area contributed by atoms with Crippen molar-refractivity contribution < 1.29 is 9.21 Å². The highest BCUT2D eigenvalue weighted by atomic mass is 32.2. The van der Waals surface area contributed by atoms with Crippen LogP contribution < -0.4 is 0 Å². The van der Waals surface area contributed by atoms with Gasteiger partial charge < -0.3 is 9.32 Å². The number of benzene rings is 1. The van der Waals surface area contributed by atoms with Gasteiger partial charge in [0.2, 0.25) is 11.8 Å². The van der Waals surface area contributed by atoms with Crippen molar-refractivity contribution in [3.63, 3.8) is 0 Å². The minimum atomic E-state index is -0.0745. The van der Waals surface area contributed by atoms with Gasteiger partial charge >= 0.3 is 0 Å². The van der Waals surface area contributed by atoms with E-state index in [4.69, 9.17) is 9.68 Å². The molecule has 2 rings (SSSR count). The molecule has 2 aromatic rings. The lowest BCUT2D eigenvalue weighted by molar-refractivity contribution is -0.127. The number of carbonyl (C=O) groups is 1. The molecule has 1 aromatic carbocycles. The molecular formula is C18H22N4O2S. The summed E-state index contributed by atoms with van der Waals surface area (Å²) >= 11 is 1.20. The maximum atomic E-state index is 11.9. The number of carbonyl (C=O) groups excluding carboxylic acids is 1. The van der Waals surface area contributed by atoms with E-state index in [1.807, 2.05) is 18.2 Å². The molecule has 0 saturated heterocycles. The van der Waals surface area contributed by atoms with Crippen molar-refractivity contribution in [1.82, 2.24) is 15.1 Å². The zero-order valence-electron chi connectivity index (χ0n) is 14.9. The van der Waals surface area contributed by atoms with Gasteiger partial charge in [-0.3, -0.25) is 4.79 Å². The van der Waals surface area contributed by atoms with Crippen molar-refractivity contribution in [3.8, 4) is 17.5 Å². The lowest BCUT2D eigenvalue weighted by atomic mass is 9.87. The van der Waals surface area contributed by atoms with E-state index in [2.05, 4.69) is 43.1 Å². The molecule has 0 aliphatic carbocycles. The molecule has 6 nitrogen and oxygen atoms in total. The number of nitrogens with zero attached hydrogens (tertiary/aromatic N) is 4. The van der Waals surface area contributed by atoms with E-state index in [1.54, 1.807) is 7.05 Å². The zero-order valence-corrected chi connectivity index (χ0v) is 15.8. The first kappa shape index (κ1) is 19.0. The average Bonchev–Trinajstić information content (AvgIpc) is 3.05. The Balaban J connectivity index is 1.96. The monoisotopic (exact) mass is 358 g/mol. The predicted molar refractivity (Wildman–Crippen MR) is 97.0 cm³/mol. The van der Waals surface area contributed by atoms with Crippen LogP contribution in [-0.2, 0) is 10.2 Å². The van der Waals surface area contributed by atoms with Crippen LogP contribution in [0, 0.1) is 11.3 Å². The minimum absolute atomic E-state index is 0.0745. The fourth-order valence-electron chi connectivity index (χ4n) is 2.07. The lowest BCUT2D eigenvalue weighted by Gasteiger charge is -2.18. The van der Waals surface area contributed by atoms with Crippen molar-refractivity contribution in [2.24, 2.45) is 0 Å². The molecule has 0 fully saturated rings. The molecule has 1 aromatic heterocycles. The van der Waals surface area contributed by atoms with Gasteiger partial charge in [0.15, 0.2) is 0 Å². The molecule has 132 valence electrons. The number of rotatable bonds is 6. The Morgan fingerprint density at radius 1 is 1.28 bits per heavy atom. The topological polar surface area (TPSA) is 83.0 Å². The van der Waals surface area contributed by atoms with Gasteiger partial charge in [-0.15, -0.1) is 10.2 Å². The number of thioether (sulfide) groups is 1. The van der Waals surface area contributed by atoms with Crippen molar-refractivity contribution >= 4 is 17.7 Å². The summed E-state index contributed by atoms with van der Waals surface area (Å²) in [6.07, 6.45) is 0.322. The standard InChI is InChI=1S/C18H22N4O2S/c1-18(2,3)14-8-6-13(7-9-14)16-20-21-17(24-16)25-12-15(23)22(4)11-5-10-19/h6-9H,5,11-12H2,1-4H3. The van der Waals surface area contributed by atoms with Crippen LogP contribution >= 0.6 is 11.8 Å². The molecule has 0 radical (unpaired) electrons. The molecule has 0 spiro atoms. The second kappa shape index (κ2) is 8.17. The summed E-state index contributed by atoms with van der Waals surface area (Å²) < 4.78 is 5.62. The summed E-state index contributed by atoms with van der Waals surface area (Å²) in [5.41, 5.74) is 2.17. The fourth-order valence-corrected chi connectivity index (χ4v) is 2.78. The van der Waals surface area contributed by atoms with Gasteiger partial charge in [0.25, 0.3) is 5.22 Å². The summed E-state index contributed by atoms with van der Waals surface area (Å²) in [5, 5.41) is 16.9. The molecule has 25 heavy (non-hydrogen) atoms. The SMILES string of the molecule is CN(CCC#N)C(=O)CSc1nnc(-c2ccc(C(C)(C)C)cc2)o1. The van der Waals surface area contributed by atoms with Gasteiger partial charge in [-0.1, -0.05) is 44.7 Å². The third-order valence-electron chi connectivity index (χ3n) is 3.71. The van der Waals surface area contributed by atoms with E-state index in [-0.39, 0.29) is 17.1 Å². The Bertz CT molecular complexity index is 757. The molecular weight excluding hydrogens is 336 g/mol. The van der Waals surface area contributed by atoms with Crippen LogP contribution in [0.1, 0.15) is 32.8 Å². The molecule has 0 bridgehead atoms. The number of aromatic nitrogens is 2. The second-order valence-corrected chi connectivity index (χ2v) is 7.64. The Labute approximate surface area is 152 Å². The van der Waals surface area contributed by atoms with Crippen molar-refractivity contribution in [3.05, 3.63) is 29.8 Å². The van der Waals surface area contributed by atoms with E-state index in [1.165, 1.54) is 22.2 Å². The normalized spacial score (nSPS) is 11.2. The fraction of sp³-hybridized carbons (Fsp3) is 0.444. The van der Waals surface area contributed by atoms with Crippen LogP contribution in [0.15, 0.2) is 33.9 Å². The first-order chi connectivity index (χ1) is 11.8. The van der Waals surface area contributed by atoms with Crippen molar-refractivity contribution in [2.45, 2.75) is 37.8 Å². The molecule has 1 amide bonds. The van der Waals surface area contributed by atoms with Crippen LogP contribution in [0.4, 0.5) is 0 Å². The molecule has 0 saturated carbocycles. The highest BCUT2D eigenvalue weighted by molar-refractivity contribution is 7.99. The van der Waals surface area contributed by atoms with Crippen molar-refractivity contribution in [1.29, 1.82) is 5.26 Å². The second-order valence-electron chi connectivity index (χ2n) is 6.71.